The van der Waals surface area contributed by atoms with Crippen LogP contribution in [0.15, 0.2) is 24.3 Å². The molecular formula is C20H23F3N4O. The summed E-state index contributed by atoms with van der Waals surface area (Å²) < 4.78 is 40.7. The van der Waals surface area contributed by atoms with Gasteiger partial charge in [-0.1, -0.05) is 25.0 Å². The molecule has 1 saturated carbocycles. The standard InChI is InChI=1S/C20H23F3N4O/c21-20(22,23)18-19(25-16-8-4-3-7-15(16)24-18)27-11-9-26(10-12-27)17(28)13-14-5-1-2-6-14/h3-4,7-8,14H,1-2,5-6,9-13H2. The Hall–Kier alpha value is -2.38. The smallest absolute Gasteiger partial charge is 0.351 e. The van der Waals surface area contributed by atoms with Gasteiger partial charge in [0.05, 0.1) is 11.0 Å². The van der Waals surface area contributed by atoms with E-state index in [1.54, 1.807) is 28.0 Å². The van der Waals surface area contributed by atoms with Gasteiger partial charge in [0, 0.05) is 32.6 Å². The van der Waals surface area contributed by atoms with Crippen molar-refractivity contribution in [3.8, 4) is 0 Å². The monoisotopic (exact) mass is 392 g/mol. The molecule has 8 heteroatoms. The molecule has 1 saturated heterocycles. The van der Waals surface area contributed by atoms with E-state index in [0.29, 0.717) is 44.0 Å². The number of hydrogen-bond donors (Lipinski definition) is 0. The van der Waals surface area contributed by atoms with Crippen LogP contribution in [0.4, 0.5) is 19.0 Å². The first-order valence-corrected chi connectivity index (χ1v) is 9.78. The van der Waals surface area contributed by atoms with E-state index in [4.69, 9.17) is 0 Å². The number of carbonyl (C=O) groups excluding carboxylic acids is 1. The molecule has 2 heterocycles. The number of rotatable bonds is 3. The van der Waals surface area contributed by atoms with E-state index in [1.165, 1.54) is 18.9 Å². The van der Waals surface area contributed by atoms with Crippen molar-refractivity contribution >= 4 is 22.8 Å². The fourth-order valence-electron chi connectivity index (χ4n) is 4.16. The lowest BCUT2D eigenvalue weighted by molar-refractivity contribution is -0.141. The van der Waals surface area contributed by atoms with Crippen molar-refractivity contribution in [1.82, 2.24) is 14.9 Å². The third-order valence-electron chi connectivity index (χ3n) is 5.69. The third kappa shape index (κ3) is 3.91. The fraction of sp³-hybridized carbons (Fsp3) is 0.550. The van der Waals surface area contributed by atoms with Gasteiger partial charge in [0.25, 0.3) is 0 Å². The van der Waals surface area contributed by atoms with E-state index in [2.05, 4.69) is 9.97 Å². The summed E-state index contributed by atoms with van der Waals surface area (Å²) in [5, 5.41) is 0. The summed E-state index contributed by atoms with van der Waals surface area (Å²) in [6.45, 7) is 1.48. The number of alkyl halides is 3. The Bertz CT molecular complexity index is 856. The maximum atomic E-state index is 13.6. The number of piperazine rings is 1. The Morgan fingerprint density at radius 1 is 1.00 bits per heavy atom. The lowest BCUT2D eigenvalue weighted by Crippen LogP contribution is -2.49. The summed E-state index contributed by atoms with van der Waals surface area (Å²) >= 11 is 0. The van der Waals surface area contributed by atoms with Gasteiger partial charge in [-0.2, -0.15) is 13.2 Å². The maximum Gasteiger partial charge on any atom is 0.437 e. The number of nitrogens with zero attached hydrogens (tertiary/aromatic N) is 4. The summed E-state index contributed by atoms with van der Waals surface area (Å²) in [5.74, 6) is 0.440. The topological polar surface area (TPSA) is 49.3 Å². The molecule has 1 aliphatic carbocycles. The SMILES string of the molecule is O=C(CC1CCCC1)N1CCN(c2nc3ccccc3nc2C(F)(F)F)CC1. The van der Waals surface area contributed by atoms with Crippen LogP contribution in [-0.2, 0) is 11.0 Å². The molecule has 1 aromatic carbocycles. The van der Waals surface area contributed by atoms with E-state index in [-0.39, 0.29) is 17.2 Å². The number of halogens is 3. The van der Waals surface area contributed by atoms with Crippen LogP contribution in [0.5, 0.6) is 0 Å². The second kappa shape index (κ2) is 7.56. The van der Waals surface area contributed by atoms with Crippen LogP contribution < -0.4 is 4.90 Å². The number of carbonyl (C=O) groups is 1. The normalized spacial score (nSPS) is 18.8. The largest absolute Gasteiger partial charge is 0.437 e. The minimum Gasteiger partial charge on any atom is -0.351 e. The molecule has 2 aliphatic rings. The van der Waals surface area contributed by atoms with Gasteiger partial charge >= 0.3 is 6.18 Å². The molecule has 1 aliphatic heterocycles. The molecule has 0 bridgehead atoms. The van der Waals surface area contributed by atoms with Gasteiger partial charge in [-0.3, -0.25) is 4.79 Å². The van der Waals surface area contributed by atoms with Crippen molar-refractivity contribution in [2.24, 2.45) is 5.92 Å². The molecule has 5 nitrogen and oxygen atoms in total. The van der Waals surface area contributed by atoms with Gasteiger partial charge in [0.2, 0.25) is 5.91 Å². The van der Waals surface area contributed by atoms with Crippen LogP contribution in [0.25, 0.3) is 11.0 Å². The molecule has 150 valence electrons. The predicted molar refractivity (Wildman–Crippen MR) is 99.9 cm³/mol. The molecule has 0 N–H and O–H groups in total. The van der Waals surface area contributed by atoms with E-state index in [1.807, 2.05) is 0 Å². The van der Waals surface area contributed by atoms with Gasteiger partial charge in [-0.05, 0) is 30.9 Å². The van der Waals surface area contributed by atoms with E-state index < -0.39 is 11.9 Å². The lowest BCUT2D eigenvalue weighted by Gasteiger charge is -2.36. The zero-order valence-electron chi connectivity index (χ0n) is 15.6. The van der Waals surface area contributed by atoms with E-state index in [9.17, 15) is 18.0 Å². The van der Waals surface area contributed by atoms with Crippen molar-refractivity contribution in [1.29, 1.82) is 0 Å². The summed E-state index contributed by atoms with van der Waals surface area (Å²) in [6.07, 6.45) is 0.561. The number of para-hydroxylation sites is 2. The molecule has 0 atom stereocenters. The summed E-state index contributed by atoms with van der Waals surface area (Å²) in [7, 11) is 0. The first-order valence-electron chi connectivity index (χ1n) is 9.78. The molecule has 0 unspecified atom stereocenters. The average Bonchev–Trinajstić information content (AvgIpc) is 3.19. The first-order chi connectivity index (χ1) is 13.4. The fourth-order valence-corrected chi connectivity index (χ4v) is 4.16. The van der Waals surface area contributed by atoms with Gasteiger partial charge in [-0.25, -0.2) is 9.97 Å². The molecule has 1 aromatic heterocycles. The molecule has 2 aromatic rings. The number of aromatic nitrogens is 2. The van der Waals surface area contributed by atoms with Crippen molar-refractivity contribution in [3.63, 3.8) is 0 Å². The molecule has 0 radical (unpaired) electrons. The highest BCUT2D eigenvalue weighted by atomic mass is 19.4. The molecule has 1 amide bonds. The maximum absolute atomic E-state index is 13.6. The minimum absolute atomic E-state index is 0.118. The zero-order valence-corrected chi connectivity index (χ0v) is 15.6. The molecular weight excluding hydrogens is 369 g/mol. The van der Waals surface area contributed by atoms with Crippen LogP contribution in [0.1, 0.15) is 37.8 Å². The minimum atomic E-state index is -4.58. The zero-order chi connectivity index (χ0) is 19.7. The Labute approximate surface area is 161 Å². The van der Waals surface area contributed by atoms with Gasteiger partial charge < -0.3 is 9.80 Å². The molecule has 4 rings (SSSR count). The average molecular weight is 392 g/mol. The van der Waals surface area contributed by atoms with Crippen LogP contribution in [0.3, 0.4) is 0 Å². The highest BCUT2D eigenvalue weighted by Gasteiger charge is 2.39. The van der Waals surface area contributed by atoms with Crippen molar-refractivity contribution in [3.05, 3.63) is 30.0 Å². The highest BCUT2D eigenvalue weighted by Crippen LogP contribution is 2.35. The Balaban J connectivity index is 1.50. The predicted octanol–water partition coefficient (Wildman–Crippen LogP) is 3.88. The number of hydrogen-bond acceptors (Lipinski definition) is 4. The number of anilines is 1. The second-order valence-corrected chi connectivity index (χ2v) is 7.60. The first kappa shape index (κ1) is 19.0. The number of amides is 1. The highest BCUT2D eigenvalue weighted by molar-refractivity contribution is 5.78. The van der Waals surface area contributed by atoms with Crippen molar-refractivity contribution in [2.75, 3.05) is 31.1 Å². The second-order valence-electron chi connectivity index (χ2n) is 7.60. The van der Waals surface area contributed by atoms with Crippen molar-refractivity contribution < 1.29 is 18.0 Å². The van der Waals surface area contributed by atoms with E-state index in [0.717, 1.165) is 12.8 Å². The van der Waals surface area contributed by atoms with Crippen LogP contribution in [0, 0.1) is 5.92 Å². The summed E-state index contributed by atoms with van der Waals surface area (Å²) in [6, 6.07) is 6.56. The Morgan fingerprint density at radius 3 is 2.21 bits per heavy atom. The number of benzene rings is 1. The Kier molecular flexibility index (Phi) is 5.12. The molecule has 28 heavy (non-hydrogen) atoms. The Morgan fingerprint density at radius 2 is 1.61 bits per heavy atom. The van der Waals surface area contributed by atoms with Crippen LogP contribution in [-0.4, -0.2) is 47.0 Å². The molecule has 2 fully saturated rings. The van der Waals surface area contributed by atoms with Crippen LogP contribution in [0.2, 0.25) is 0 Å². The third-order valence-corrected chi connectivity index (χ3v) is 5.69. The number of fused-ring (bicyclic) bond motifs is 1. The summed E-state index contributed by atoms with van der Waals surface area (Å²) in [4.78, 5) is 24.0. The van der Waals surface area contributed by atoms with Crippen LogP contribution >= 0.6 is 0 Å². The van der Waals surface area contributed by atoms with E-state index >= 15 is 0 Å². The van der Waals surface area contributed by atoms with Gasteiger partial charge in [0.15, 0.2) is 11.5 Å². The lowest BCUT2D eigenvalue weighted by atomic mass is 10.0. The van der Waals surface area contributed by atoms with Crippen molar-refractivity contribution in [2.45, 2.75) is 38.3 Å². The van der Waals surface area contributed by atoms with Gasteiger partial charge in [0.1, 0.15) is 0 Å². The van der Waals surface area contributed by atoms with Gasteiger partial charge in [-0.15, -0.1) is 0 Å². The quantitative estimate of drug-likeness (QED) is 0.796. The summed E-state index contributed by atoms with van der Waals surface area (Å²) in [5.41, 5.74) is -0.300. The molecule has 0 spiro atoms.